The number of Topliss-reactive ketones (excluding diaryl/α,β-unsaturated/α-hetero) is 1. The Balaban J connectivity index is 1.49. The maximum absolute atomic E-state index is 12.7. The summed E-state index contributed by atoms with van der Waals surface area (Å²) in [4.78, 5) is 23.0. The van der Waals surface area contributed by atoms with Crippen molar-refractivity contribution in [3.05, 3.63) is 123 Å². The largest absolute Gasteiger partial charge is 0.489 e. The van der Waals surface area contributed by atoms with E-state index >= 15 is 0 Å². The summed E-state index contributed by atoms with van der Waals surface area (Å²) in [7, 11) is 0. The van der Waals surface area contributed by atoms with Crippen molar-refractivity contribution in [3.8, 4) is 11.8 Å². The number of nitro benzene ring substituents is 1. The molecule has 0 N–H and O–H groups in total. The monoisotopic (exact) mass is 434 g/mol. The highest BCUT2D eigenvalue weighted by Gasteiger charge is 2.15. The number of nitriles is 1. The average Bonchev–Trinajstić information content (AvgIpc) is 2.86. The van der Waals surface area contributed by atoms with Gasteiger partial charge in [0.1, 0.15) is 24.0 Å². The molecule has 0 aliphatic heterocycles. The number of benzene rings is 4. The van der Waals surface area contributed by atoms with Crippen molar-refractivity contribution in [2.75, 3.05) is 0 Å². The highest BCUT2D eigenvalue weighted by atomic mass is 16.6. The fourth-order valence-corrected chi connectivity index (χ4v) is 3.47. The minimum atomic E-state index is -0.580. The first-order chi connectivity index (χ1) is 16.0. The van der Waals surface area contributed by atoms with Crippen LogP contribution in [0, 0.1) is 21.4 Å². The highest BCUT2D eigenvalue weighted by molar-refractivity contribution is 6.14. The van der Waals surface area contributed by atoms with Gasteiger partial charge in [0.05, 0.1) is 4.92 Å². The van der Waals surface area contributed by atoms with Crippen LogP contribution in [0.1, 0.15) is 21.5 Å². The number of ketones is 1. The second kappa shape index (κ2) is 9.58. The Hall–Kier alpha value is -4.76. The molecule has 0 fully saturated rings. The van der Waals surface area contributed by atoms with Gasteiger partial charge >= 0.3 is 0 Å². The Morgan fingerprint density at radius 1 is 0.970 bits per heavy atom. The summed E-state index contributed by atoms with van der Waals surface area (Å²) in [5.74, 6) is 0.0843. The van der Waals surface area contributed by atoms with Crippen LogP contribution in [0.3, 0.4) is 0 Å². The Kier molecular flexibility index (Phi) is 6.24. The van der Waals surface area contributed by atoms with Gasteiger partial charge in [-0.05, 0) is 40.1 Å². The quantitative estimate of drug-likeness (QED) is 0.115. The molecule has 4 rings (SSSR count). The van der Waals surface area contributed by atoms with Gasteiger partial charge < -0.3 is 4.74 Å². The van der Waals surface area contributed by atoms with E-state index in [1.165, 1.54) is 24.3 Å². The summed E-state index contributed by atoms with van der Waals surface area (Å²) in [5, 5.41) is 22.7. The lowest BCUT2D eigenvalue weighted by atomic mass is 10.0. The Labute approximate surface area is 190 Å². The van der Waals surface area contributed by atoms with Crippen LogP contribution in [0.5, 0.6) is 5.75 Å². The van der Waals surface area contributed by atoms with Gasteiger partial charge in [0, 0.05) is 17.7 Å². The van der Waals surface area contributed by atoms with E-state index in [2.05, 4.69) is 18.2 Å². The smallest absolute Gasteiger partial charge is 0.270 e. The zero-order chi connectivity index (χ0) is 23.2. The molecule has 160 valence electrons. The van der Waals surface area contributed by atoms with Crippen LogP contribution >= 0.6 is 0 Å². The molecular formula is C27H18N2O4. The maximum atomic E-state index is 12.7. The third-order valence-corrected chi connectivity index (χ3v) is 5.15. The number of fused-ring (bicyclic) bond motifs is 1. The Morgan fingerprint density at radius 3 is 2.45 bits per heavy atom. The SMILES string of the molecule is N#CC(=Cc1ccc(OCc2cccc3ccccc23)cc1)C(=O)c1cccc([N+](=O)[O-])c1. The van der Waals surface area contributed by atoms with E-state index in [0.717, 1.165) is 22.4 Å². The number of hydrogen-bond acceptors (Lipinski definition) is 5. The number of nitrogens with zero attached hydrogens (tertiary/aromatic N) is 2. The van der Waals surface area contributed by atoms with E-state index < -0.39 is 10.7 Å². The molecule has 33 heavy (non-hydrogen) atoms. The van der Waals surface area contributed by atoms with Gasteiger partial charge in [-0.3, -0.25) is 14.9 Å². The normalized spacial score (nSPS) is 11.1. The molecule has 0 radical (unpaired) electrons. The predicted molar refractivity (Wildman–Crippen MR) is 126 cm³/mol. The molecule has 0 spiro atoms. The van der Waals surface area contributed by atoms with Crippen LogP contribution in [0.2, 0.25) is 0 Å². The van der Waals surface area contributed by atoms with Crippen molar-refractivity contribution < 1.29 is 14.5 Å². The lowest BCUT2D eigenvalue weighted by Crippen LogP contribution is -2.02. The molecule has 0 aliphatic carbocycles. The molecule has 0 aromatic heterocycles. The number of ether oxygens (including phenoxy) is 1. The summed E-state index contributed by atoms with van der Waals surface area (Å²) in [6.45, 7) is 0.408. The zero-order valence-electron chi connectivity index (χ0n) is 17.5. The van der Waals surface area contributed by atoms with Gasteiger partial charge in [0.2, 0.25) is 5.78 Å². The van der Waals surface area contributed by atoms with Crippen LogP contribution in [-0.4, -0.2) is 10.7 Å². The van der Waals surface area contributed by atoms with Gasteiger partial charge in [-0.25, -0.2) is 0 Å². The molecule has 6 nitrogen and oxygen atoms in total. The van der Waals surface area contributed by atoms with Gasteiger partial charge in [-0.2, -0.15) is 5.26 Å². The summed E-state index contributed by atoms with van der Waals surface area (Å²) < 4.78 is 5.92. The topological polar surface area (TPSA) is 93.2 Å². The van der Waals surface area contributed by atoms with E-state index in [0.29, 0.717) is 17.9 Å². The van der Waals surface area contributed by atoms with E-state index in [9.17, 15) is 20.2 Å². The minimum Gasteiger partial charge on any atom is -0.489 e. The van der Waals surface area contributed by atoms with Gasteiger partial charge in [0.15, 0.2) is 0 Å². The molecule has 0 aliphatic rings. The number of rotatable bonds is 7. The van der Waals surface area contributed by atoms with Crippen molar-refractivity contribution in [3.63, 3.8) is 0 Å². The van der Waals surface area contributed by atoms with Gasteiger partial charge in [-0.15, -0.1) is 0 Å². The molecule has 0 amide bonds. The van der Waals surface area contributed by atoms with E-state index in [4.69, 9.17) is 4.74 Å². The van der Waals surface area contributed by atoms with Crippen molar-refractivity contribution in [2.45, 2.75) is 6.61 Å². The molecule has 0 saturated carbocycles. The summed E-state index contributed by atoms with van der Waals surface area (Å²) in [6.07, 6.45) is 1.45. The van der Waals surface area contributed by atoms with Crippen molar-refractivity contribution in [2.24, 2.45) is 0 Å². The molecule has 0 atom stereocenters. The Morgan fingerprint density at radius 2 is 1.70 bits per heavy atom. The second-order valence-electron chi connectivity index (χ2n) is 7.30. The first kappa shape index (κ1) is 21.5. The third kappa shape index (κ3) is 4.94. The average molecular weight is 434 g/mol. The number of non-ortho nitro benzene ring substituents is 1. The zero-order valence-corrected chi connectivity index (χ0v) is 17.5. The lowest BCUT2D eigenvalue weighted by Gasteiger charge is -2.09. The van der Waals surface area contributed by atoms with Gasteiger partial charge in [0.25, 0.3) is 5.69 Å². The van der Waals surface area contributed by atoms with E-state index in [-0.39, 0.29) is 16.8 Å². The summed E-state index contributed by atoms with van der Waals surface area (Å²) in [5.41, 5.74) is 1.49. The van der Waals surface area contributed by atoms with Gasteiger partial charge in [-0.1, -0.05) is 66.7 Å². The standard InChI is InChI=1S/C27H18N2O4/c28-17-23(27(30)21-7-4-9-24(16-21)29(31)32)15-19-11-13-25(14-12-19)33-18-22-8-3-6-20-5-1-2-10-26(20)22/h1-16H,18H2. The predicted octanol–water partition coefficient (Wildman–Crippen LogP) is 6.12. The summed E-state index contributed by atoms with van der Waals surface area (Å²) in [6, 6.07) is 28.4. The first-order valence-corrected chi connectivity index (χ1v) is 10.2. The van der Waals surface area contributed by atoms with Crippen LogP contribution in [0.15, 0.2) is 96.6 Å². The maximum Gasteiger partial charge on any atom is 0.270 e. The van der Waals surface area contributed by atoms with Crippen molar-refractivity contribution >= 4 is 28.3 Å². The first-order valence-electron chi connectivity index (χ1n) is 10.2. The fourth-order valence-electron chi connectivity index (χ4n) is 3.47. The fraction of sp³-hybridized carbons (Fsp3) is 0.0370. The number of carbonyl (C=O) groups excluding carboxylic acids is 1. The van der Waals surface area contributed by atoms with E-state index in [1.807, 2.05) is 30.3 Å². The van der Waals surface area contributed by atoms with E-state index in [1.54, 1.807) is 24.3 Å². The molecule has 4 aromatic rings. The van der Waals surface area contributed by atoms with Crippen molar-refractivity contribution in [1.29, 1.82) is 5.26 Å². The highest BCUT2D eigenvalue weighted by Crippen LogP contribution is 2.22. The molecular weight excluding hydrogens is 416 g/mol. The van der Waals surface area contributed by atoms with Crippen LogP contribution in [-0.2, 0) is 6.61 Å². The lowest BCUT2D eigenvalue weighted by molar-refractivity contribution is -0.384. The van der Waals surface area contributed by atoms with Crippen LogP contribution < -0.4 is 4.74 Å². The minimum absolute atomic E-state index is 0.0899. The molecule has 0 saturated heterocycles. The molecule has 4 aromatic carbocycles. The molecule has 0 bridgehead atoms. The van der Waals surface area contributed by atoms with Crippen molar-refractivity contribution in [1.82, 2.24) is 0 Å². The summed E-state index contributed by atoms with van der Waals surface area (Å²) >= 11 is 0. The number of carbonyl (C=O) groups is 1. The number of hydrogen-bond donors (Lipinski definition) is 0. The third-order valence-electron chi connectivity index (χ3n) is 5.15. The van der Waals surface area contributed by atoms with Crippen LogP contribution in [0.25, 0.3) is 16.8 Å². The van der Waals surface area contributed by atoms with Crippen LogP contribution in [0.4, 0.5) is 5.69 Å². The second-order valence-corrected chi connectivity index (χ2v) is 7.30. The molecule has 0 unspecified atom stereocenters. The molecule has 6 heteroatoms. The molecule has 0 heterocycles. The Bertz CT molecular complexity index is 1410. The number of allylic oxidation sites excluding steroid dienone is 1. The number of nitro groups is 1.